The fourth-order valence-corrected chi connectivity index (χ4v) is 3.58. The molecule has 1 aliphatic heterocycles. The molecule has 0 atom stereocenters. The van der Waals surface area contributed by atoms with Gasteiger partial charge in [0.05, 0.1) is 16.7 Å². The molecule has 0 unspecified atom stereocenters. The number of pyridine rings is 2. The Hall–Kier alpha value is -2.42. The summed E-state index contributed by atoms with van der Waals surface area (Å²) in [7, 11) is 0. The lowest BCUT2D eigenvalue weighted by molar-refractivity contribution is 0.866. The molecule has 3 heteroatoms. The lowest BCUT2D eigenvalue weighted by atomic mass is 9.98. The molecule has 96 valence electrons. The van der Waals surface area contributed by atoms with E-state index in [4.69, 9.17) is 4.98 Å². The summed E-state index contributed by atoms with van der Waals surface area (Å²) in [6.45, 7) is 2.12. The third-order valence-corrected chi connectivity index (χ3v) is 4.45. The second-order valence-electron chi connectivity index (χ2n) is 5.52. The van der Waals surface area contributed by atoms with E-state index < -0.39 is 0 Å². The zero-order valence-corrected chi connectivity index (χ0v) is 11.2. The third-order valence-electron chi connectivity index (χ3n) is 4.45. The van der Waals surface area contributed by atoms with Gasteiger partial charge in [-0.15, -0.1) is 0 Å². The van der Waals surface area contributed by atoms with E-state index in [2.05, 4.69) is 40.6 Å². The number of para-hydroxylation sites is 1. The molecule has 4 aromatic rings. The van der Waals surface area contributed by atoms with Gasteiger partial charge >= 0.3 is 0 Å². The first kappa shape index (κ1) is 10.4. The molecule has 1 aliphatic rings. The lowest BCUT2D eigenvalue weighted by Crippen LogP contribution is -2.08. The highest BCUT2D eigenvalue weighted by atomic mass is 15.0. The minimum absolute atomic E-state index is 1.06. The molecule has 5 rings (SSSR count). The van der Waals surface area contributed by atoms with Crippen LogP contribution in [-0.4, -0.2) is 14.4 Å². The van der Waals surface area contributed by atoms with Crippen molar-refractivity contribution in [1.82, 2.24) is 14.4 Å². The van der Waals surface area contributed by atoms with E-state index >= 15 is 0 Å². The van der Waals surface area contributed by atoms with Crippen molar-refractivity contribution < 1.29 is 0 Å². The number of aryl methyl sites for hydroxylation is 3. The second kappa shape index (κ2) is 3.37. The number of imidazole rings is 1. The van der Waals surface area contributed by atoms with E-state index in [9.17, 15) is 0 Å². The average molecular weight is 259 g/mol. The van der Waals surface area contributed by atoms with Crippen molar-refractivity contribution in [2.45, 2.75) is 19.8 Å². The number of fused-ring (bicyclic) bond motifs is 3. The molecule has 4 heterocycles. The van der Waals surface area contributed by atoms with Crippen molar-refractivity contribution in [3.05, 3.63) is 53.5 Å². The Morgan fingerprint density at radius 2 is 1.95 bits per heavy atom. The van der Waals surface area contributed by atoms with Gasteiger partial charge in [-0.3, -0.25) is 9.38 Å². The van der Waals surface area contributed by atoms with Gasteiger partial charge in [-0.2, -0.15) is 0 Å². The third kappa shape index (κ3) is 1.07. The largest absolute Gasteiger partial charge is 0.295 e. The molecule has 0 N–H and O–H groups in total. The van der Waals surface area contributed by atoms with Gasteiger partial charge in [0, 0.05) is 22.7 Å². The monoisotopic (exact) mass is 259 g/mol. The molecule has 0 saturated carbocycles. The molecule has 0 amide bonds. The predicted molar refractivity (Wildman–Crippen MR) is 80.1 cm³/mol. The summed E-state index contributed by atoms with van der Waals surface area (Å²) in [5, 5.41) is 2.39. The van der Waals surface area contributed by atoms with E-state index in [1.54, 1.807) is 0 Å². The maximum absolute atomic E-state index is 4.82. The number of hydrogen-bond acceptors (Lipinski definition) is 2. The van der Waals surface area contributed by atoms with Crippen LogP contribution in [0.5, 0.6) is 0 Å². The highest BCUT2D eigenvalue weighted by Gasteiger charge is 2.21. The van der Waals surface area contributed by atoms with Gasteiger partial charge in [-0.05, 0) is 37.5 Å². The molecule has 0 spiro atoms. The molecule has 1 aromatic carbocycles. The summed E-state index contributed by atoms with van der Waals surface area (Å²) in [4.78, 5) is 9.43. The fourth-order valence-electron chi connectivity index (χ4n) is 3.58. The van der Waals surface area contributed by atoms with E-state index in [0.29, 0.717) is 0 Å². The molecule has 3 aromatic heterocycles. The lowest BCUT2D eigenvalue weighted by Gasteiger charge is -2.17. The zero-order valence-electron chi connectivity index (χ0n) is 11.2. The maximum Gasteiger partial charge on any atom is 0.147 e. The van der Waals surface area contributed by atoms with Crippen molar-refractivity contribution in [3.63, 3.8) is 0 Å². The zero-order chi connectivity index (χ0) is 13.3. The van der Waals surface area contributed by atoms with E-state index in [-0.39, 0.29) is 0 Å². The molecule has 0 saturated heterocycles. The van der Waals surface area contributed by atoms with Gasteiger partial charge < -0.3 is 0 Å². The Labute approximate surface area is 115 Å². The molecular weight excluding hydrogens is 246 g/mol. The Morgan fingerprint density at radius 1 is 1.05 bits per heavy atom. The Balaban J connectivity index is 2.26. The van der Waals surface area contributed by atoms with Crippen LogP contribution in [0.3, 0.4) is 0 Å². The summed E-state index contributed by atoms with van der Waals surface area (Å²) >= 11 is 0. The maximum atomic E-state index is 4.82. The minimum Gasteiger partial charge on any atom is -0.295 e. The van der Waals surface area contributed by atoms with Crippen LogP contribution in [0.1, 0.15) is 17.0 Å². The Bertz CT molecular complexity index is 1010. The van der Waals surface area contributed by atoms with Gasteiger partial charge in [-0.25, -0.2) is 4.98 Å². The Morgan fingerprint density at radius 3 is 2.90 bits per heavy atom. The molecule has 0 aliphatic carbocycles. The highest BCUT2D eigenvalue weighted by Crippen LogP contribution is 2.34. The first-order chi connectivity index (χ1) is 9.84. The van der Waals surface area contributed by atoms with Crippen LogP contribution in [-0.2, 0) is 12.8 Å². The summed E-state index contributed by atoms with van der Waals surface area (Å²) in [5.41, 5.74) is 7.34. The molecule has 20 heavy (non-hydrogen) atoms. The first-order valence-corrected chi connectivity index (χ1v) is 7.01. The number of aromatic nitrogens is 3. The van der Waals surface area contributed by atoms with E-state index in [1.807, 2.05) is 12.3 Å². The normalized spacial score (nSPS) is 13.8. The second-order valence-corrected chi connectivity index (χ2v) is 5.52. The van der Waals surface area contributed by atoms with Gasteiger partial charge in [0.2, 0.25) is 0 Å². The van der Waals surface area contributed by atoms with Crippen LogP contribution >= 0.6 is 0 Å². The van der Waals surface area contributed by atoms with Crippen LogP contribution in [0, 0.1) is 6.92 Å². The van der Waals surface area contributed by atoms with Crippen molar-refractivity contribution in [2.75, 3.05) is 0 Å². The number of nitrogens with zero attached hydrogens (tertiary/aromatic N) is 3. The van der Waals surface area contributed by atoms with Crippen molar-refractivity contribution >= 4 is 27.5 Å². The molecule has 0 bridgehead atoms. The number of hydrogen-bond donors (Lipinski definition) is 0. The minimum atomic E-state index is 1.06. The van der Waals surface area contributed by atoms with Gasteiger partial charge in [-0.1, -0.05) is 18.2 Å². The van der Waals surface area contributed by atoms with Crippen molar-refractivity contribution in [2.24, 2.45) is 0 Å². The number of rotatable bonds is 0. The molecular formula is C17H13N3. The van der Waals surface area contributed by atoms with Crippen LogP contribution in [0.15, 0.2) is 36.5 Å². The van der Waals surface area contributed by atoms with Crippen LogP contribution in [0.2, 0.25) is 0 Å². The fraction of sp³-hybridized carbons (Fsp3) is 0.176. The van der Waals surface area contributed by atoms with E-state index in [1.165, 1.54) is 22.2 Å². The predicted octanol–water partition coefficient (Wildman–Crippen LogP) is 3.44. The summed E-state index contributed by atoms with van der Waals surface area (Å²) in [6, 6.07) is 10.7. The van der Waals surface area contributed by atoms with Crippen LogP contribution in [0.4, 0.5) is 0 Å². The molecule has 0 fully saturated rings. The summed E-state index contributed by atoms with van der Waals surface area (Å²) in [5.74, 6) is 0. The van der Waals surface area contributed by atoms with Gasteiger partial charge in [0.15, 0.2) is 0 Å². The van der Waals surface area contributed by atoms with Gasteiger partial charge in [0.25, 0.3) is 0 Å². The summed E-state index contributed by atoms with van der Waals surface area (Å²) in [6.07, 6.45) is 4.04. The quantitative estimate of drug-likeness (QED) is 0.453. The van der Waals surface area contributed by atoms with Crippen molar-refractivity contribution in [3.8, 4) is 0 Å². The average Bonchev–Trinajstić information content (AvgIpc) is 2.84. The summed E-state index contributed by atoms with van der Waals surface area (Å²) < 4.78 is 2.35. The molecule has 0 radical (unpaired) electrons. The smallest absolute Gasteiger partial charge is 0.147 e. The standard InChI is InChI=1S/C17H13N3/c1-10-14-8-7-11-4-2-5-12-15-13(6-3-9-18-15)17(19-10)20(14)16(11)12/h2-6,9H,7-8H2,1H3. The van der Waals surface area contributed by atoms with Crippen LogP contribution in [0.25, 0.3) is 27.5 Å². The van der Waals surface area contributed by atoms with Gasteiger partial charge in [0.1, 0.15) is 5.65 Å². The number of benzene rings is 1. The Kier molecular flexibility index (Phi) is 1.75. The topological polar surface area (TPSA) is 30.2 Å². The SMILES string of the molecule is Cc1nc2c3cccnc3c3cccc4c3n2c1CC4. The van der Waals surface area contributed by atoms with Crippen LogP contribution < -0.4 is 0 Å². The van der Waals surface area contributed by atoms with Crippen molar-refractivity contribution in [1.29, 1.82) is 0 Å². The first-order valence-electron chi connectivity index (χ1n) is 7.01. The van der Waals surface area contributed by atoms with E-state index in [0.717, 1.165) is 35.1 Å². The molecule has 3 nitrogen and oxygen atoms in total. The highest BCUT2D eigenvalue weighted by molar-refractivity contribution is 6.10.